The summed E-state index contributed by atoms with van der Waals surface area (Å²) < 4.78 is 16.6. The number of aromatic amines is 1. The summed E-state index contributed by atoms with van der Waals surface area (Å²) in [6.45, 7) is 4.83. The number of hydrogen-bond acceptors (Lipinski definition) is 5. The minimum atomic E-state index is -0.202. The van der Waals surface area contributed by atoms with Crippen molar-refractivity contribution in [3.8, 4) is 17.2 Å². The molecule has 1 aromatic heterocycles. The number of aromatic nitrogens is 1. The predicted octanol–water partition coefficient (Wildman–Crippen LogP) is 4.15. The summed E-state index contributed by atoms with van der Waals surface area (Å²) in [5, 5.41) is 4.26. The van der Waals surface area contributed by atoms with Gasteiger partial charge in [0.25, 0.3) is 0 Å². The van der Waals surface area contributed by atoms with Crippen molar-refractivity contribution in [3.63, 3.8) is 0 Å². The summed E-state index contributed by atoms with van der Waals surface area (Å²) in [7, 11) is 1.70. The van der Waals surface area contributed by atoms with E-state index in [4.69, 9.17) is 14.2 Å². The Morgan fingerprint density at radius 3 is 2.69 bits per heavy atom. The average Bonchev–Trinajstić information content (AvgIpc) is 3.26. The SMILES string of the molecule is COc1ccc2[nH]cc(C3CCN(C(C)C(=O)Nc4ccc5c(c4)OCCO5)CC3)c2c1. The molecule has 2 aliphatic rings. The molecule has 1 amide bonds. The van der Waals surface area contributed by atoms with Crippen molar-refractivity contribution in [3.05, 3.63) is 48.2 Å². The van der Waals surface area contributed by atoms with Crippen molar-refractivity contribution in [2.45, 2.75) is 31.7 Å². The lowest BCUT2D eigenvalue weighted by Gasteiger charge is -2.35. The summed E-state index contributed by atoms with van der Waals surface area (Å²) >= 11 is 0. The number of nitrogens with zero attached hydrogens (tertiary/aromatic N) is 1. The number of rotatable bonds is 5. The second-order valence-corrected chi connectivity index (χ2v) is 8.49. The van der Waals surface area contributed by atoms with E-state index in [-0.39, 0.29) is 11.9 Å². The molecule has 0 spiro atoms. The fourth-order valence-corrected chi connectivity index (χ4v) is 4.72. The Kier molecular flexibility index (Phi) is 5.66. The topological polar surface area (TPSA) is 75.8 Å². The van der Waals surface area contributed by atoms with Crippen LogP contribution in [0, 0.1) is 0 Å². The van der Waals surface area contributed by atoms with Crippen LogP contribution in [-0.4, -0.2) is 55.2 Å². The summed E-state index contributed by atoms with van der Waals surface area (Å²) in [5.41, 5.74) is 3.20. The molecule has 5 rings (SSSR count). The van der Waals surface area contributed by atoms with Crippen LogP contribution < -0.4 is 19.5 Å². The van der Waals surface area contributed by atoms with Crippen LogP contribution in [0.5, 0.6) is 17.2 Å². The molecule has 0 aliphatic carbocycles. The number of anilines is 1. The molecule has 0 saturated carbocycles. The lowest BCUT2D eigenvalue weighted by molar-refractivity contribution is -0.121. The number of ether oxygens (including phenoxy) is 3. The van der Waals surface area contributed by atoms with Crippen LogP contribution in [0.4, 0.5) is 5.69 Å². The molecule has 0 bridgehead atoms. The van der Waals surface area contributed by atoms with Crippen LogP contribution in [0.1, 0.15) is 31.2 Å². The number of nitrogens with one attached hydrogen (secondary N) is 2. The Balaban J connectivity index is 1.21. The van der Waals surface area contributed by atoms with E-state index in [1.165, 1.54) is 10.9 Å². The zero-order valence-corrected chi connectivity index (χ0v) is 18.5. The molecule has 3 aromatic rings. The molecule has 168 valence electrons. The average molecular weight is 436 g/mol. The Morgan fingerprint density at radius 2 is 1.91 bits per heavy atom. The molecule has 7 nitrogen and oxygen atoms in total. The Morgan fingerprint density at radius 1 is 1.12 bits per heavy atom. The number of carbonyl (C=O) groups excluding carboxylic acids is 1. The van der Waals surface area contributed by atoms with E-state index in [1.807, 2.05) is 31.2 Å². The lowest BCUT2D eigenvalue weighted by Crippen LogP contribution is -2.45. The number of carbonyl (C=O) groups is 1. The van der Waals surface area contributed by atoms with E-state index < -0.39 is 0 Å². The van der Waals surface area contributed by atoms with E-state index in [9.17, 15) is 4.79 Å². The first-order chi connectivity index (χ1) is 15.6. The van der Waals surface area contributed by atoms with E-state index in [2.05, 4.69) is 33.5 Å². The molecule has 2 N–H and O–H groups in total. The van der Waals surface area contributed by atoms with Gasteiger partial charge in [-0.15, -0.1) is 0 Å². The van der Waals surface area contributed by atoms with E-state index in [0.717, 1.165) is 48.6 Å². The number of methoxy groups -OCH3 is 1. The van der Waals surface area contributed by atoms with Crippen molar-refractivity contribution >= 4 is 22.5 Å². The van der Waals surface area contributed by atoms with Crippen LogP contribution in [0.25, 0.3) is 10.9 Å². The molecule has 1 saturated heterocycles. The number of piperidine rings is 1. The zero-order valence-electron chi connectivity index (χ0n) is 18.5. The number of fused-ring (bicyclic) bond motifs is 2. The fourth-order valence-electron chi connectivity index (χ4n) is 4.72. The number of hydrogen-bond donors (Lipinski definition) is 2. The molecule has 2 aromatic carbocycles. The first-order valence-corrected chi connectivity index (χ1v) is 11.2. The number of likely N-dealkylation sites (tertiary alicyclic amines) is 1. The van der Waals surface area contributed by atoms with Crippen LogP contribution in [-0.2, 0) is 4.79 Å². The van der Waals surface area contributed by atoms with Crippen molar-refractivity contribution in [1.82, 2.24) is 9.88 Å². The first-order valence-electron chi connectivity index (χ1n) is 11.2. The van der Waals surface area contributed by atoms with Gasteiger partial charge in [-0.3, -0.25) is 9.69 Å². The third-order valence-corrected chi connectivity index (χ3v) is 6.63. The molecule has 2 aliphatic heterocycles. The second-order valence-electron chi connectivity index (χ2n) is 8.49. The normalized spacial score (nSPS) is 17.8. The number of benzene rings is 2. The summed E-state index contributed by atoms with van der Waals surface area (Å²) in [6, 6.07) is 11.5. The van der Waals surface area contributed by atoms with Crippen molar-refractivity contribution in [1.29, 1.82) is 0 Å². The largest absolute Gasteiger partial charge is 0.497 e. The molecule has 3 heterocycles. The van der Waals surface area contributed by atoms with Crippen LogP contribution in [0.3, 0.4) is 0 Å². The minimum absolute atomic E-state index is 0.00282. The highest BCUT2D eigenvalue weighted by atomic mass is 16.6. The summed E-state index contributed by atoms with van der Waals surface area (Å²) in [4.78, 5) is 18.5. The molecular formula is C25H29N3O4. The van der Waals surface area contributed by atoms with Crippen LogP contribution in [0.2, 0.25) is 0 Å². The molecule has 1 unspecified atom stereocenters. The number of amides is 1. The zero-order chi connectivity index (χ0) is 22.1. The molecular weight excluding hydrogens is 406 g/mol. The van der Waals surface area contributed by atoms with Gasteiger partial charge in [-0.25, -0.2) is 0 Å². The molecule has 0 radical (unpaired) electrons. The second kappa shape index (κ2) is 8.74. The van der Waals surface area contributed by atoms with Gasteiger partial charge in [-0.05, 0) is 74.7 Å². The van der Waals surface area contributed by atoms with Gasteiger partial charge in [0.1, 0.15) is 19.0 Å². The Hall–Kier alpha value is -3.19. The van der Waals surface area contributed by atoms with Gasteiger partial charge in [-0.2, -0.15) is 0 Å². The maximum atomic E-state index is 12.9. The maximum absolute atomic E-state index is 12.9. The van der Waals surface area contributed by atoms with Crippen LogP contribution >= 0.6 is 0 Å². The first kappa shape index (κ1) is 20.7. The van der Waals surface area contributed by atoms with Gasteiger partial charge in [0.15, 0.2) is 11.5 Å². The van der Waals surface area contributed by atoms with Gasteiger partial charge in [0.05, 0.1) is 13.2 Å². The van der Waals surface area contributed by atoms with Gasteiger partial charge < -0.3 is 24.5 Å². The maximum Gasteiger partial charge on any atom is 0.241 e. The highest BCUT2D eigenvalue weighted by Crippen LogP contribution is 2.36. The van der Waals surface area contributed by atoms with E-state index in [0.29, 0.717) is 24.9 Å². The summed E-state index contributed by atoms with van der Waals surface area (Å²) in [5.74, 6) is 2.74. The Labute approximate surface area is 187 Å². The quantitative estimate of drug-likeness (QED) is 0.630. The molecule has 7 heteroatoms. The lowest BCUT2D eigenvalue weighted by atomic mass is 9.88. The Bertz CT molecular complexity index is 1120. The molecule has 1 atom stereocenters. The monoisotopic (exact) mass is 435 g/mol. The third kappa shape index (κ3) is 4.00. The highest BCUT2D eigenvalue weighted by molar-refractivity contribution is 5.95. The van der Waals surface area contributed by atoms with Crippen molar-refractivity contribution in [2.24, 2.45) is 0 Å². The van der Waals surface area contributed by atoms with Gasteiger partial charge in [-0.1, -0.05) is 0 Å². The molecule has 32 heavy (non-hydrogen) atoms. The highest BCUT2D eigenvalue weighted by Gasteiger charge is 2.28. The molecule has 1 fully saturated rings. The fraction of sp³-hybridized carbons (Fsp3) is 0.400. The van der Waals surface area contributed by atoms with Crippen LogP contribution in [0.15, 0.2) is 42.6 Å². The van der Waals surface area contributed by atoms with Crippen molar-refractivity contribution < 1.29 is 19.0 Å². The third-order valence-electron chi connectivity index (χ3n) is 6.63. The van der Waals surface area contributed by atoms with Crippen molar-refractivity contribution in [2.75, 3.05) is 38.7 Å². The summed E-state index contributed by atoms with van der Waals surface area (Å²) in [6.07, 6.45) is 4.17. The number of H-pyrrole nitrogens is 1. The standard InChI is InChI=1S/C25H29N3O4/c1-16(25(29)27-18-3-6-23-24(13-18)32-12-11-31-23)28-9-7-17(8-10-28)21-15-26-22-5-4-19(30-2)14-20(21)22/h3-6,13-17,26H,7-12H2,1-2H3,(H,27,29). The van der Waals surface area contributed by atoms with Gasteiger partial charge in [0, 0.05) is 28.9 Å². The van der Waals surface area contributed by atoms with E-state index >= 15 is 0 Å². The minimum Gasteiger partial charge on any atom is -0.497 e. The van der Waals surface area contributed by atoms with Gasteiger partial charge in [0.2, 0.25) is 5.91 Å². The smallest absolute Gasteiger partial charge is 0.241 e. The van der Waals surface area contributed by atoms with E-state index in [1.54, 1.807) is 7.11 Å². The predicted molar refractivity (Wildman–Crippen MR) is 124 cm³/mol. The van der Waals surface area contributed by atoms with Gasteiger partial charge >= 0.3 is 0 Å².